The summed E-state index contributed by atoms with van der Waals surface area (Å²) in [6, 6.07) is 11.3. The Balaban J connectivity index is 1.65. The summed E-state index contributed by atoms with van der Waals surface area (Å²) in [6.45, 7) is 1.76. The normalized spacial score (nSPS) is 13.3. The molecule has 3 rings (SSSR count). The fraction of sp³-hybridized carbons (Fsp3) is 0.294. The van der Waals surface area contributed by atoms with Gasteiger partial charge in [0.15, 0.2) is 0 Å². The molecular formula is C17H18N2O4. The van der Waals surface area contributed by atoms with Crippen LogP contribution in [0.5, 0.6) is 0 Å². The van der Waals surface area contributed by atoms with Gasteiger partial charge in [-0.1, -0.05) is 30.3 Å². The van der Waals surface area contributed by atoms with Crippen molar-refractivity contribution in [3.8, 4) is 0 Å². The molecule has 1 aromatic carbocycles. The maximum atomic E-state index is 12.2. The molecular weight excluding hydrogens is 296 g/mol. The van der Waals surface area contributed by atoms with Crippen LogP contribution in [0.1, 0.15) is 21.6 Å². The van der Waals surface area contributed by atoms with Crippen LogP contribution in [0, 0.1) is 0 Å². The molecule has 1 aromatic heterocycles. The Bertz CT molecular complexity index is 709. The number of benzene rings is 1. The maximum Gasteiger partial charge on any atom is 0.410 e. The van der Waals surface area contributed by atoms with Crippen molar-refractivity contribution in [2.24, 2.45) is 0 Å². The first-order chi connectivity index (χ1) is 11.2. The zero-order valence-electron chi connectivity index (χ0n) is 12.9. The van der Waals surface area contributed by atoms with E-state index in [1.165, 1.54) is 7.11 Å². The average molecular weight is 314 g/mol. The molecule has 0 radical (unpaired) electrons. The average Bonchev–Trinajstić information content (AvgIpc) is 3.03. The molecule has 2 aromatic rings. The minimum absolute atomic E-state index is 0.237. The Labute approximate surface area is 134 Å². The van der Waals surface area contributed by atoms with E-state index in [2.05, 4.69) is 0 Å². The topological polar surface area (TPSA) is 60.8 Å². The number of carbonyl (C=O) groups excluding carboxylic acids is 2. The quantitative estimate of drug-likeness (QED) is 0.816. The van der Waals surface area contributed by atoms with Gasteiger partial charge < -0.3 is 18.9 Å². The van der Waals surface area contributed by atoms with E-state index in [1.807, 2.05) is 41.1 Å². The molecule has 0 aliphatic carbocycles. The summed E-state index contributed by atoms with van der Waals surface area (Å²) in [5, 5.41) is 0. The molecule has 0 bridgehead atoms. The highest BCUT2D eigenvalue weighted by atomic mass is 16.6. The van der Waals surface area contributed by atoms with Crippen molar-refractivity contribution in [1.29, 1.82) is 0 Å². The predicted molar refractivity (Wildman–Crippen MR) is 82.8 cm³/mol. The van der Waals surface area contributed by atoms with Crippen molar-refractivity contribution in [2.75, 3.05) is 13.7 Å². The molecule has 6 heteroatoms. The van der Waals surface area contributed by atoms with E-state index in [4.69, 9.17) is 9.47 Å². The van der Waals surface area contributed by atoms with Gasteiger partial charge in [-0.3, -0.25) is 0 Å². The fourth-order valence-electron chi connectivity index (χ4n) is 2.64. The van der Waals surface area contributed by atoms with Crippen LogP contribution in [0.25, 0.3) is 0 Å². The summed E-state index contributed by atoms with van der Waals surface area (Å²) < 4.78 is 12.1. The summed E-state index contributed by atoms with van der Waals surface area (Å²) in [5.74, 6) is -0.391. The van der Waals surface area contributed by atoms with E-state index < -0.39 is 5.97 Å². The number of fused-ring (bicyclic) bond motifs is 1. The third-order valence-electron chi connectivity index (χ3n) is 3.90. The Morgan fingerprint density at radius 1 is 1.13 bits per heavy atom. The molecule has 0 unspecified atom stereocenters. The molecule has 23 heavy (non-hydrogen) atoms. The Morgan fingerprint density at radius 2 is 1.91 bits per heavy atom. The van der Waals surface area contributed by atoms with Gasteiger partial charge in [-0.15, -0.1) is 0 Å². The number of hydrogen-bond donors (Lipinski definition) is 0. The number of carbonyl (C=O) groups is 2. The lowest BCUT2D eigenvalue weighted by molar-refractivity contribution is 0.0592. The molecule has 1 aliphatic rings. The summed E-state index contributed by atoms with van der Waals surface area (Å²) in [4.78, 5) is 25.6. The third-order valence-corrected chi connectivity index (χ3v) is 3.90. The van der Waals surface area contributed by atoms with E-state index in [0.29, 0.717) is 25.2 Å². The number of ether oxygens (including phenoxy) is 2. The number of rotatable bonds is 3. The van der Waals surface area contributed by atoms with Gasteiger partial charge in [0, 0.05) is 19.3 Å². The highest BCUT2D eigenvalue weighted by Gasteiger charge is 2.26. The molecule has 0 atom stereocenters. The molecule has 0 fully saturated rings. The zero-order chi connectivity index (χ0) is 16.2. The van der Waals surface area contributed by atoms with Crippen LogP contribution in [-0.4, -0.2) is 35.2 Å². The molecule has 0 spiro atoms. The molecule has 0 N–H and O–H groups in total. The van der Waals surface area contributed by atoms with Crippen molar-refractivity contribution in [3.05, 3.63) is 59.4 Å². The summed E-state index contributed by atoms with van der Waals surface area (Å²) in [7, 11) is 1.35. The second-order valence-electron chi connectivity index (χ2n) is 5.32. The summed E-state index contributed by atoms with van der Waals surface area (Å²) in [6.07, 6.45) is 1.46. The number of hydrogen-bond acceptors (Lipinski definition) is 4. The van der Waals surface area contributed by atoms with Crippen LogP contribution in [0.2, 0.25) is 0 Å². The summed E-state index contributed by atoms with van der Waals surface area (Å²) >= 11 is 0. The highest BCUT2D eigenvalue weighted by Crippen LogP contribution is 2.20. The van der Waals surface area contributed by atoms with Gasteiger partial charge in [0.25, 0.3) is 0 Å². The first-order valence-electron chi connectivity index (χ1n) is 7.41. The largest absolute Gasteiger partial charge is 0.465 e. The van der Waals surface area contributed by atoms with Crippen LogP contribution in [0.4, 0.5) is 4.79 Å². The van der Waals surface area contributed by atoms with E-state index in [1.54, 1.807) is 11.0 Å². The van der Waals surface area contributed by atoms with Crippen molar-refractivity contribution >= 4 is 12.1 Å². The van der Waals surface area contributed by atoms with Gasteiger partial charge in [-0.2, -0.15) is 0 Å². The fourth-order valence-corrected chi connectivity index (χ4v) is 2.64. The van der Waals surface area contributed by atoms with Gasteiger partial charge >= 0.3 is 12.1 Å². The number of aromatic nitrogens is 1. The van der Waals surface area contributed by atoms with Crippen LogP contribution >= 0.6 is 0 Å². The van der Waals surface area contributed by atoms with E-state index in [0.717, 1.165) is 11.3 Å². The van der Waals surface area contributed by atoms with Crippen LogP contribution in [0.15, 0.2) is 42.6 Å². The second-order valence-corrected chi connectivity index (χ2v) is 5.32. The van der Waals surface area contributed by atoms with Crippen LogP contribution in [0.3, 0.4) is 0 Å². The predicted octanol–water partition coefficient (Wildman–Crippen LogP) is 2.43. The number of amides is 1. The van der Waals surface area contributed by atoms with E-state index >= 15 is 0 Å². The van der Waals surface area contributed by atoms with Crippen molar-refractivity contribution < 1.29 is 19.1 Å². The van der Waals surface area contributed by atoms with Gasteiger partial charge in [-0.25, -0.2) is 9.59 Å². The molecule has 2 heterocycles. The van der Waals surface area contributed by atoms with Gasteiger partial charge in [0.05, 0.1) is 24.9 Å². The Hall–Kier alpha value is -2.76. The summed E-state index contributed by atoms with van der Waals surface area (Å²) in [5.41, 5.74) is 2.21. The second kappa shape index (κ2) is 6.56. The monoisotopic (exact) mass is 314 g/mol. The number of nitrogens with zero attached hydrogens (tertiary/aromatic N) is 2. The van der Waals surface area contributed by atoms with Gasteiger partial charge in [0.2, 0.25) is 0 Å². The smallest absolute Gasteiger partial charge is 0.410 e. The molecule has 1 amide bonds. The molecule has 6 nitrogen and oxygen atoms in total. The SMILES string of the molecule is COC(=O)c1ccn2c1CN(C(=O)OCc1ccccc1)CC2. The molecule has 0 saturated heterocycles. The third kappa shape index (κ3) is 3.21. The molecule has 120 valence electrons. The van der Waals surface area contributed by atoms with Crippen molar-refractivity contribution in [1.82, 2.24) is 9.47 Å². The van der Waals surface area contributed by atoms with Crippen LogP contribution in [-0.2, 0) is 29.2 Å². The highest BCUT2D eigenvalue weighted by molar-refractivity contribution is 5.91. The van der Waals surface area contributed by atoms with Gasteiger partial charge in [0.1, 0.15) is 6.61 Å². The van der Waals surface area contributed by atoms with E-state index in [-0.39, 0.29) is 12.7 Å². The van der Waals surface area contributed by atoms with Crippen LogP contribution < -0.4 is 0 Å². The molecule has 1 aliphatic heterocycles. The first kappa shape index (κ1) is 15.1. The minimum Gasteiger partial charge on any atom is -0.465 e. The number of esters is 1. The Kier molecular flexibility index (Phi) is 4.32. The lowest BCUT2D eigenvalue weighted by atomic mass is 10.2. The van der Waals surface area contributed by atoms with Gasteiger partial charge in [-0.05, 0) is 11.6 Å². The first-order valence-corrected chi connectivity index (χ1v) is 7.41. The standard InChI is InChI=1S/C17H18N2O4/c1-22-16(20)14-7-8-18-9-10-19(11-15(14)18)17(21)23-12-13-5-3-2-4-6-13/h2-8H,9-12H2,1H3. The maximum absolute atomic E-state index is 12.2. The van der Waals surface area contributed by atoms with Crippen molar-refractivity contribution in [3.63, 3.8) is 0 Å². The lowest BCUT2D eigenvalue weighted by Crippen LogP contribution is -2.38. The Morgan fingerprint density at radius 3 is 2.65 bits per heavy atom. The molecule has 0 saturated carbocycles. The number of methoxy groups -OCH3 is 1. The minimum atomic E-state index is -0.391. The zero-order valence-corrected chi connectivity index (χ0v) is 12.9. The lowest BCUT2D eigenvalue weighted by Gasteiger charge is -2.28. The van der Waals surface area contributed by atoms with E-state index in [9.17, 15) is 9.59 Å². The van der Waals surface area contributed by atoms with Crippen molar-refractivity contribution in [2.45, 2.75) is 19.7 Å².